The van der Waals surface area contributed by atoms with Crippen molar-refractivity contribution in [2.24, 2.45) is 0 Å². The molecule has 5 aromatic rings. The second-order valence-electron chi connectivity index (χ2n) is 10.2. The number of anilines is 2. The van der Waals surface area contributed by atoms with Crippen LogP contribution < -0.4 is 10.0 Å². The van der Waals surface area contributed by atoms with Gasteiger partial charge in [-0.05, 0) is 74.3 Å². The van der Waals surface area contributed by atoms with Crippen LogP contribution in [0.3, 0.4) is 0 Å². The third kappa shape index (κ3) is 5.78. The summed E-state index contributed by atoms with van der Waals surface area (Å²) < 4.78 is 29.6. The van der Waals surface area contributed by atoms with Crippen LogP contribution in [0.2, 0.25) is 0 Å². The minimum absolute atomic E-state index is 0.166. The van der Waals surface area contributed by atoms with Crippen molar-refractivity contribution < 1.29 is 13.2 Å². The number of nitrogens with zero attached hydrogens (tertiary/aromatic N) is 2. The summed E-state index contributed by atoms with van der Waals surface area (Å²) in [5.74, 6) is -0.298. The van der Waals surface area contributed by atoms with Crippen LogP contribution in [0.4, 0.5) is 10.7 Å². The van der Waals surface area contributed by atoms with Crippen LogP contribution in [0.1, 0.15) is 39.7 Å². The number of carbonyl (C=O) groups is 1. The molecule has 0 spiro atoms. The number of hydrogen-bond acceptors (Lipinski definition) is 7. The zero-order chi connectivity index (χ0) is 28.6. The maximum absolute atomic E-state index is 13.6. The molecule has 0 saturated heterocycles. The van der Waals surface area contributed by atoms with Gasteiger partial charge in [-0.2, -0.15) is 0 Å². The first-order valence-electron chi connectivity index (χ1n) is 13.5. The Morgan fingerprint density at radius 2 is 1.83 bits per heavy atom. The summed E-state index contributed by atoms with van der Waals surface area (Å²) in [6.45, 7) is 6.97. The van der Waals surface area contributed by atoms with Crippen molar-refractivity contribution in [2.45, 2.75) is 38.1 Å². The van der Waals surface area contributed by atoms with Crippen LogP contribution in [0, 0.1) is 6.92 Å². The highest BCUT2D eigenvalue weighted by Crippen LogP contribution is 2.45. The molecule has 6 rings (SSSR count). The van der Waals surface area contributed by atoms with Crippen molar-refractivity contribution in [3.8, 4) is 10.6 Å². The van der Waals surface area contributed by atoms with E-state index in [4.69, 9.17) is 4.98 Å². The Kier molecular flexibility index (Phi) is 7.65. The van der Waals surface area contributed by atoms with E-state index in [0.717, 1.165) is 63.8 Å². The Labute approximate surface area is 247 Å². The molecule has 3 heterocycles. The molecule has 7 nitrogen and oxygen atoms in total. The highest BCUT2D eigenvalue weighted by molar-refractivity contribution is 7.92. The first-order valence-corrected chi connectivity index (χ1v) is 16.7. The third-order valence-electron chi connectivity index (χ3n) is 7.12. The number of thiazole rings is 1. The normalized spacial score (nSPS) is 13.7. The van der Waals surface area contributed by atoms with Crippen molar-refractivity contribution in [3.05, 3.63) is 94.4 Å². The van der Waals surface area contributed by atoms with Crippen LogP contribution in [0.25, 0.3) is 20.8 Å². The smallest absolute Gasteiger partial charge is 0.261 e. The molecule has 1 amide bonds. The number of nitrogens with one attached hydrogen (secondary N) is 2. The number of fused-ring (bicyclic) bond motifs is 2. The second-order valence-corrected chi connectivity index (χ2v) is 14.0. The lowest BCUT2D eigenvalue weighted by atomic mass is 10.0. The fourth-order valence-electron chi connectivity index (χ4n) is 5.09. The van der Waals surface area contributed by atoms with Crippen molar-refractivity contribution >= 4 is 59.5 Å². The topological polar surface area (TPSA) is 91.4 Å². The zero-order valence-corrected chi connectivity index (χ0v) is 25.3. The van der Waals surface area contributed by atoms with Gasteiger partial charge in [0, 0.05) is 34.8 Å². The van der Waals surface area contributed by atoms with E-state index in [1.165, 1.54) is 10.4 Å². The fourth-order valence-corrected chi connectivity index (χ4v) is 8.53. The molecule has 0 fully saturated rings. The standard InChI is InChI=1S/C31H30N4O3S3/c1-3-16-35-17-15-24-27(19-35)40-31(28(24)30-32-25-9-4-5-10-26(25)39-30)33-29(36)21-7-6-8-22(18-21)34-41(37,38)23-13-11-20(2)12-14-23/h4-14,18,34H,3,15-17,19H2,1-2H3,(H,33,36). The van der Waals surface area contributed by atoms with E-state index in [1.807, 2.05) is 25.1 Å². The van der Waals surface area contributed by atoms with Gasteiger partial charge in [-0.1, -0.05) is 42.8 Å². The summed E-state index contributed by atoms with van der Waals surface area (Å²) in [5, 5.41) is 4.84. The van der Waals surface area contributed by atoms with Crippen LogP contribution in [-0.4, -0.2) is 37.3 Å². The number of rotatable bonds is 8. The summed E-state index contributed by atoms with van der Waals surface area (Å²) in [6, 6.07) is 21.3. The van der Waals surface area contributed by atoms with Gasteiger partial charge in [0.25, 0.3) is 15.9 Å². The first-order chi connectivity index (χ1) is 19.8. The predicted octanol–water partition coefficient (Wildman–Crippen LogP) is 7.15. The summed E-state index contributed by atoms with van der Waals surface area (Å²) in [6.07, 6.45) is 2.00. The van der Waals surface area contributed by atoms with Gasteiger partial charge in [-0.3, -0.25) is 14.4 Å². The molecule has 0 unspecified atom stereocenters. The number of benzene rings is 3. The van der Waals surface area contributed by atoms with Crippen LogP contribution in [0.5, 0.6) is 0 Å². The average molecular weight is 603 g/mol. The molecule has 2 aromatic heterocycles. The summed E-state index contributed by atoms with van der Waals surface area (Å²) >= 11 is 3.25. The zero-order valence-electron chi connectivity index (χ0n) is 22.8. The van der Waals surface area contributed by atoms with Gasteiger partial charge >= 0.3 is 0 Å². The highest BCUT2D eigenvalue weighted by Gasteiger charge is 2.28. The Morgan fingerprint density at radius 3 is 2.61 bits per heavy atom. The molecule has 1 aliphatic rings. The highest BCUT2D eigenvalue weighted by atomic mass is 32.2. The van der Waals surface area contributed by atoms with Gasteiger partial charge in [0.2, 0.25) is 0 Å². The Balaban J connectivity index is 1.31. The molecule has 0 aliphatic carbocycles. The van der Waals surface area contributed by atoms with Gasteiger partial charge < -0.3 is 5.32 Å². The number of aryl methyl sites for hydroxylation is 1. The largest absolute Gasteiger partial charge is 0.313 e. The molecule has 3 aromatic carbocycles. The molecule has 0 radical (unpaired) electrons. The van der Waals surface area contributed by atoms with Crippen molar-refractivity contribution in [1.82, 2.24) is 9.88 Å². The molecule has 0 atom stereocenters. The molecule has 1 aliphatic heterocycles. The van der Waals surface area contributed by atoms with Crippen molar-refractivity contribution in [1.29, 1.82) is 0 Å². The van der Waals surface area contributed by atoms with Crippen LogP contribution in [0.15, 0.2) is 77.7 Å². The maximum Gasteiger partial charge on any atom is 0.261 e. The van der Waals surface area contributed by atoms with E-state index in [-0.39, 0.29) is 10.8 Å². The quantitative estimate of drug-likeness (QED) is 0.197. The number of para-hydroxylation sites is 1. The van der Waals surface area contributed by atoms with Gasteiger partial charge in [0.15, 0.2) is 0 Å². The minimum Gasteiger partial charge on any atom is -0.313 e. The number of thiophene rings is 1. The Bertz CT molecular complexity index is 1810. The van der Waals surface area contributed by atoms with Crippen LogP contribution in [-0.2, 0) is 23.0 Å². The predicted molar refractivity (Wildman–Crippen MR) is 169 cm³/mol. The fraction of sp³-hybridized carbons (Fsp3) is 0.226. The van der Waals surface area contributed by atoms with E-state index < -0.39 is 10.0 Å². The van der Waals surface area contributed by atoms with Gasteiger partial charge in [-0.25, -0.2) is 13.4 Å². The lowest BCUT2D eigenvalue weighted by molar-refractivity contribution is 0.102. The summed E-state index contributed by atoms with van der Waals surface area (Å²) in [4.78, 5) is 22.4. The summed E-state index contributed by atoms with van der Waals surface area (Å²) in [5.41, 5.74) is 4.87. The molecule has 41 heavy (non-hydrogen) atoms. The first kappa shape index (κ1) is 27.6. The van der Waals surface area contributed by atoms with E-state index in [2.05, 4.69) is 27.9 Å². The number of aromatic nitrogens is 1. The van der Waals surface area contributed by atoms with Gasteiger partial charge in [-0.15, -0.1) is 22.7 Å². The molecule has 10 heteroatoms. The van der Waals surface area contributed by atoms with Crippen molar-refractivity contribution in [3.63, 3.8) is 0 Å². The van der Waals surface area contributed by atoms with E-state index in [9.17, 15) is 13.2 Å². The number of sulfonamides is 1. The monoisotopic (exact) mass is 602 g/mol. The number of carbonyl (C=O) groups excluding carboxylic acids is 1. The lowest BCUT2D eigenvalue weighted by Gasteiger charge is -2.26. The SMILES string of the molecule is CCCN1CCc2c(sc(NC(=O)c3cccc(NS(=O)(=O)c4ccc(C)cc4)c3)c2-c2nc3ccccc3s2)C1. The summed E-state index contributed by atoms with van der Waals surface area (Å²) in [7, 11) is -3.79. The van der Waals surface area contributed by atoms with Crippen LogP contribution >= 0.6 is 22.7 Å². The Morgan fingerprint density at radius 1 is 1.02 bits per heavy atom. The molecule has 0 bridgehead atoms. The lowest BCUT2D eigenvalue weighted by Crippen LogP contribution is -2.30. The second kappa shape index (κ2) is 11.4. The van der Waals surface area contributed by atoms with Crippen molar-refractivity contribution in [2.75, 3.05) is 23.1 Å². The van der Waals surface area contributed by atoms with E-state index in [0.29, 0.717) is 11.3 Å². The van der Waals surface area contributed by atoms with Gasteiger partial charge in [0.1, 0.15) is 10.0 Å². The van der Waals surface area contributed by atoms with E-state index >= 15 is 0 Å². The Hall–Kier alpha value is -3.57. The molecule has 210 valence electrons. The number of hydrogen-bond donors (Lipinski definition) is 2. The number of amides is 1. The van der Waals surface area contributed by atoms with Gasteiger partial charge in [0.05, 0.1) is 15.1 Å². The van der Waals surface area contributed by atoms with E-state index in [1.54, 1.807) is 71.2 Å². The molecular formula is C31H30N4O3S3. The minimum atomic E-state index is -3.79. The molecule has 2 N–H and O–H groups in total. The third-order valence-corrected chi connectivity index (χ3v) is 10.7. The molecular weight excluding hydrogens is 573 g/mol. The average Bonchev–Trinajstić information content (AvgIpc) is 3.53. The molecule has 0 saturated carbocycles. The maximum atomic E-state index is 13.6.